The van der Waals surface area contributed by atoms with Gasteiger partial charge in [-0.1, -0.05) is 24.6 Å². The van der Waals surface area contributed by atoms with E-state index in [2.05, 4.69) is 16.8 Å². The van der Waals surface area contributed by atoms with E-state index in [-0.39, 0.29) is 5.69 Å². The highest BCUT2D eigenvalue weighted by atomic mass is 16.4. The molecular formula is C17H20N2O2. The molecule has 3 rings (SSSR count). The molecule has 0 atom stereocenters. The standard InChI is InChI=1S/C17H20N2O2/c1-2-19(11-12-6-5-7-12)16-10-15(17(20)21)18-14-9-4-3-8-13(14)16/h3-4,8-10,12H,2,5-7,11H2,1H3,(H,20,21). The predicted octanol–water partition coefficient (Wildman–Crippen LogP) is 3.56. The van der Waals surface area contributed by atoms with Crippen molar-refractivity contribution in [1.82, 2.24) is 4.98 Å². The van der Waals surface area contributed by atoms with E-state index in [0.717, 1.165) is 35.6 Å². The number of benzene rings is 1. The van der Waals surface area contributed by atoms with E-state index in [4.69, 9.17) is 0 Å². The average molecular weight is 284 g/mol. The zero-order valence-corrected chi connectivity index (χ0v) is 12.2. The third kappa shape index (κ3) is 2.71. The van der Waals surface area contributed by atoms with Crippen molar-refractivity contribution in [2.45, 2.75) is 26.2 Å². The molecule has 1 fully saturated rings. The van der Waals surface area contributed by atoms with Gasteiger partial charge in [0, 0.05) is 24.2 Å². The van der Waals surface area contributed by atoms with E-state index >= 15 is 0 Å². The molecule has 21 heavy (non-hydrogen) atoms. The molecule has 1 aromatic heterocycles. The summed E-state index contributed by atoms with van der Waals surface area (Å²) in [5, 5.41) is 10.3. The Morgan fingerprint density at radius 3 is 2.76 bits per heavy atom. The Morgan fingerprint density at radius 1 is 1.38 bits per heavy atom. The van der Waals surface area contributed by atoms with Gasteiger partial charge in [-0.15, -0.1) is 0 Å². The minimum atomic E-state index is -0.971. The van der Waals surface area contributed by atoms with Crippen molar-refractivity contribution in [1.29, 1.82) is 0 Å². The lowest BCUT2D eigenvalue weighted by Crippen LogP contribution is -2.32. The highest BCUT2D eigenvalue weighted by Crippen LogP contribution is 2.32. The van der Waals surface area contributed by atoms with Crippen LogP contribution in [0.25, 0.3) is 10.9 Å². The first-order chi connectivity index (χ1) is 10.2. The van der Waals surface area contributed by atoms with E-state index < -0.39 is 5.97 Å². The molecule has 0 saturated heterocycles. The van der Waals surface area contributed by atoms with Crippen LogP contribution in [0.3, 0.4) is 0 Å². The molecule has 0 amide bonds. The molecule has 110 valence electrons. The van der Waals surface area contributed by atoms with Crippen LogP contribution in [0.5, 0.6) is 0 Å². The number of nitrogens with zero attached hydrogens (tertiary/aromatic N) is 2. The molecule has 0 spiro atoms. The number of aromatic nitrogens is 1. The van der Waals surface area contributed by atoms with Crippen LogP contribution >= 0.6 is 0 Å². The van der Waals surface area contributed by atoms with Gasteiger partial charge in [-0.05, 0) is 37.8 Å². The highest BCUT2D eigenvalue weighted by Gasteiger charge is 2.22. The van der Waals surface area contributed by atoms with Crippen LogP contribution in [-0.4, -0.2) is 29.1 Å². The van der Waals surface area contributed by atoms with Gasteiger partial charge in [-0.3, -0.25) is 0 Å². The molecule has 4 nitrogen and oxygen atoms in total. The number of hydrogen-bond donors (Lipinski definition) is 1. The van der Waals surface area contributed by atoms with Crippen molar-refractivity contribution in [2.24, 2.45) is 5.92 Å². The number of pyridine rings is 1. The Hall–Kier alpha value is -2.10. The molecule has 0 bridgehead atoms. The van der Waals surface area contributed by atoms with E-state index in [0.29, 0.717) is 0 Å². The lowest BCUT2D eigenvalue weighted by molar-refractivity contribution is 0.0691. The maximum absolute atomic E-state index is 11.3. The molecule has 1 aliphatic rings. The zero-order valence-electron chi connectivity index (χ0n) is 12.2. The summed E-state index contributed by atoms with van der Waals surface area (Å²) >= 11 is 0. The normalized spacial score (nSPS) is 14.9. The third-order valence-corrected chi connectivity index (χ3v) is 4.34. The molecule has 1 saturated carbocycles. The van der Waals surface area contributed by atoms with Crippen molar-refractivity contribution in [3.8, 4) is 0 Å². The molecule has 0 aliphatic heterocycles. The van der Waals surface area contributed by atoms with Gasteiger partial charge in [0.25, 0.3) is 0 Å². The number of carboxylic acids is 1. The quantitative estimate of drug-likeness (QED) is 0.912. The SMILES string of the molecule is CCN(CC1CCC1)c1cc(C(=O)O)nc2ccccc12. The van der Waals surface area contributed by atoms with E-state index in [1.165, 1.54) is 19.3 Å². The number of aromatic carboxylic acids is 1. The largest absolute Gasteiger partial charge is 0.477 e. The van der Waals surface area contributed by atoms with E-state index in [9.17, 15) is 9.90 Å². The number of hydrogen-bond acceptors (Lipinski definition) is 3. The van der Waals surface area contributed by atoms with Crippen LogP contribution < -0.4 is 4.90 Å². The van der Waals surface area contributed by atoms with Gasteiger partial charge in [-0.2, -0.15) is 0 Å². The number of fused-ring (bicyclic) bond motifs is 1. The molecule has 1 aliphatic carbocycles. The molecule has 1 N–H and O–H groups in total. The fraction of sp³-hybridized carbons (Fsp3) is 0.412. The number of anilines is 1. The minimum Gasteiger partial charge on any atom is -0.477 e. The second kappa shape index (κ2) is 5.72. The van der Waals surface area contributed by atoms with Gasteiger partial charge < -0.3 is 10.0 Å². The third-order valence-electron chi connectivity index (χ3n) is 4.34. The number of carbonyl (C=O) groups is 1. The van der Waals surface area contributed by atoms with Gasteiger partial charge >= 0.3 is 5.97 Å². The molecular weight excluding hydrogens is 264 g/mol. The van der Waals surface area contributed by atoms with Gasteiger partial charge in [-0.25, -0.2) is 9.78 Å². The van der Waals surface area contributed by atoms with Gasteiger partial charge in [0.05, 0.1) is 5.52 Å². The maximum atomic E-state index is 11.3. The van der Waals surface area contributed by atoms with Crippen molar-refractivity contribution < 1.29 is 9.90 Å². The molecule has 4 heteroatoms. The Morgan fingerprint density at radius 2 is 2.14 bits per heavy atom. The Bertz CT molecular complexity index is 665. The average Bonchev–Trinajstić information content (AvgIpc) is 2.45. The van der Waals surface area contributed by atoms with Crippen LogP contribution in [0, 0.1) is 5.92 Å². The summed E-state index contributed by atoms with van der Waals surface area (Å²) in [5.41, 5.74) is 1.86. The Labute approximate surface area is 124 Å². The Kier molecular flexibility index (Phi) is 3.78. The van der Waals surface area contributed by atoms with E-state index in [1.54, 1.807) is 6.07 Å². The highest BCUT2D eigenvalue weighted by molar-refractivity contribution is 5.97. The van der Waals surface area contributed by atoms with Crippen molar-refractivity contribution >= 4 is 22.6 Å². The van der Waals surface area contributed by atoms with Crippen LogP contribution in [0.4, 0.5) is 5.69 Å². The second-order valence-corrected chi connectivity index (χ2v) is 5.68. The minimum absolute atomic E-state index is 0.121. The van der Waals surface area contributed by atoms with Crippen LogP contribution in [0.2, 0.25) is 0 Å². The molecule has 0 unspecified atom stereocenters. The van der Waals surface area contributed by atoms with Crippen molar-refractivity contribution in [3.05, 3.63) is 36.0 Å². The zero-order chi connectivity index (χ0) is 14.8. The fourth-order valence-electron chi connectivity index (χ4n) is 2.91. The topological polar surface area (TPSA) is 53.4 Å². The molecule has 2 aromatic rings. The van der Waals surface area contributed by atoms with Crippen LogP contribution in [0.1, 0.15) is 36.7 Å². The lowest BCUT2D eigenvalue weighted by Gasteiger charge is -2.33. The maximum Gasteiger partial charge on any atom is 0.354 e. The molecule has 1 heterocycles. The van der Waals surface area contributed by atoms with Crippen LogP contribution in [-0.2, 0) is 0 Å². The van der Waals surface area contributed by atoms with Gasteiger partial charge in [0.15, 0.2) is 5.69 Å². The number of para-hydroxylation sites is 1. The van der Waals surface area contributed by atoms with E-state index in [1.807, 2.05) is 24.3 Å². The number of rotatable bonds is 5. The first-order valence-electron chi connectivity index (χ1n) is 7.57. The summed E-state index contributed by atoms with van der Waals surface area (Å²) in [7, 11) is 0. The summed E-state index contributed by atoms with van der Waals surface area (Å²) in [6.45, 7) is 4.00. The van der Waals surface area contributed by atoms with Crippen molar-refractivity contribution in [3.63, 3.8) is 0 Å². The van der Waals surface area contributed by atoms with Crippen LogP contribution in [0.15, 0.2) is 30.3 Å². The first-order valence-corrected chi connectivity index (χ1v) is 7.57. The summed E-state index contributed by atoms with van der Waals surface area (Å²) in [6.07, 6.45) is 3.89. The summed E-state index contributed by atoms with van der Waals surface area (Å²) in [6, 6.07) is 9.49. The van der Waals surface area contributed by atoms with Crippen molar-refractivity contribution in [2.75, 3.05) is 18.0 Å². The Balaban J connectivity index is 2.06. The summed E-state index contributed by atoms with van der Waals surface area (Å²) in [4.78, 5) is 17.8. The lowest BCUT2D eigenvalue weighted by atomic mass is 9.85. The fourth-order valence-corrected chi connectivity index (χ4v) is 2.91. The summed E-state index contributed by atoms with van der Waals surface area (Å²) < 4.78 is 0. The second-order valence-electron chi connectivity index (χ2n) is 5.68. The predicted molar refractivity (Wildman–Crippen MR) is 83.9 cm³/mol. The smallest absolute Gasteiger partial charge is 0.354 e. The molecule has 1 aromatic carbocycles. The number of carboxylic acid groups (broad SMARTS) is 1. The van der Waals surface area contributed by atoms with Gasteiger partial charge in [0.1, 0.15) is 0 Å². The van der Waals surface area contributed by atoms with Gasteiger partial charge in [0.2, 0.25) is 0 Å². The summed E-state index contributed by atoms with van der Waals surface area (Å²) in [5.74, 6) is -0.230. The monoisotopic (exact) mass is 284 g/mol. The first kappa shape index (κ1) is 13.9. The molecule has 0 radical (unpaired) electrons.